The number of fused-ring (bicyclic) bond motifs is 2. The fourth-order valence-electron chi connectivity index (χ4n) is 3.83. The Kier molecular flexibility index (Phi) is 3.83. The highest BCUT2D eigenvalue weighted by Crippen LogP contribution is 2.43. The van der Waals surface area contributed by atoms with Crippen molar-refractivity contribution < 1.29 is 0 Å². The Morgan fingerprint density at radius 3 is 2.33 bits per heavy atom. The van der Waals surface area contributed by atoms with Crippen molar-refractivity contribution in [3.8, 4) is 0 Å². The van der Waals surface area contributed by atoms with Gasteiger partial charge in [0.05, 0.1) is 5.56 Å². The van der Waals surface area contributed by atoms with Gasteiger partial charge in [-0.1, -0.05) is 38.1 Å². The zero-order chi connectivity index (χ0) is 19.5. The first-order chi connectivity index (χ1) is 12.8. The molecule has 2 N–H and O–H groups in total. The van der Waals surface area contributed by atoms with Gasteiger partial charge in [0.15, 0.2) is 5.82 Å². The molecule has 1 aromatic carbocycles. The molecule has 0 fully saturated rings. The van der Waals surface area contributed by atoms with Crippen LogP contribution in [0.4, 0.5) is 11.6 Å². The van der Waals surface area contributed by atoms with Gasteiger partial charge in [-0.3, -0.25) is 19.0 Å². The summed E-state index contributed by atoms with van der Waals surface area (Å²) in [7, 11) is 3.18. The molecular weight excluding hydrogens is 342 g/mol. The van der Waals surface area contributed by atoms with Crippen molar-refractivity contribution >= 4 is 11.6 Å². The lowest BCUT2D eigenvalue weighted by molar-refractivity contribution is 0.667. The first kappa shape index (κ1) is 17.3. The molecule has 7 heteroatoms. The molecular formula is C20H23N5O2. The SMILES string of the molecule is Cc1[nH]nc2c1[C@H](c1ccc(C(C)C)cc1)c1c(n(C)c(=O)n(C)c1=O)N2. The number of H-pyrrole nitrogens is 1. The van der Waals surface area contributed by atoms with Crippen molar-refractivity contribution in [2.24, 2.45) is 14.1 Å². The Morgan fingerprint density at radius 2 is 1.70 bits per heavy atom. The number of anilines is 2. The monoisotopic (exact) mass is 365 g/mol. The minimum atomic E-state index is -0.365. The Labute approximate surface area is 156 Å². The van der Waals surface area contributed by atoms with Crippen LogP contribution in [0.3, 0.4) is 0 Å². The predicted molar refractivity (Wildman–Crippen MR) is 105 cm³/mol. The molecule has 1 aliphatic heterocycles. The second kappa shape index (κ2) is 5.97. The molecule has 0 amide bonds. The minimum absolute atomic E-state index is 0.287. The average Bonchev–Trinajstić information content (AvgIpc) is 3.04. The minimum Gasteiger partial charge on any atom is -0.324 e. The highest BCUT2D eigenvalue weighted by Gasteiger charge is 2.35. The molecule has 2 aromatic heterocycles. The zero-order valence-corrected chi connectivity index (χ0v) is 16.1. The van der Waals surface area contributed by atoms with E-state index in [1.807, 2.05) is 6.92 Å². The van der Waals surface area contributed by atoms with Gasteiger partial charge >= 0.3 is 5.69 Å². The number of aromatic amines is 1. The summed E-state index contributed by atoms with van der Waals surface area (Å²) in [6.07, 6.45) is 0. The van der Waals surface area contributed by atoms with Crippen LogP contribution in [0.25, 0.3) is 0 Å². The smallest absolute Gasteiger partial charge is 0.324 e. The van der Waals surface area contributed by atoms with Crippen LogP contribution in [0.5, 0.6) is 0 Å². The molecule has 0 saturated carbocycles. The molecule has 0 spiro atoms. The maximum absolute atomic E-state index is 13.1. The average molecular weight is 365 g/mol. The Morgan fingerprint density at radius 1 is 1.04 bits per heavy atom. The third-order valence-electron chi connectivity index (χ3n) is 5.44. The van der Waals surface area contributed by atoms with Crippen molar-refractivity contribution in [1.82, 2.24) is 19.3 Å². The molecule has 0 radical (unpaired) electrons. The maximum Gasteiger partial charge on any atom is 0.332 e. The Balaban J connectivity index is 2.03. The lowest BCUT2D eigenvalue weighted by atomic mass is 9.82. The van der Waals surface area contributed by atoms with Crippen LogP contribution in [0.15, 0.2) is 33.9 Å². The molecule has 27 heavy (non-hydrogen) atoms. The van der Waals surface area contributed by atoms with Gasteiger partial charge in [0.1, 0.15) is 5.82 Å². The second-order valence-electron chi connectivity index (χ2n) is 7.46. The number of aryl methyl sites for hydroxylation is 1. The van der Waals surface area contributed by atoms with E-state index in [9.17, 15) is 9.59 Å². The van der Waals surface area contributed by atoms with Crippen LogP contribution in [-0.2, 0) is 14.1 Å². The fourth-order valence-corrected chi connectivity index (χ4v) is 3.83. The normalized spacial score (nSPS) is 15.4. The molecule has 4 rings (SSSR count). The van der Waals surface area contributed by atoms with Crippen LogP contribution in [0, 0.1) is 6.92 Å². The molecule has 1 aliphatic rings. The van der Waals surface area contributed by atoms with Gasteiger partial charge in [-0.2, -0.15) is 5.10 Å². The van der Waals surface area contributed by atoms with E-state index in [0.29, 0.717) is 23.1 Å². The van der Waals surface area contributed by atoms with Crippen molar-refractivity contribution in [1.29, 1.82) is 0 Å². The summed E-state index contributed by atoms with van der Waals surface area (Å²) >= 11 is 0. The molecule has 7 nitrogen and oxygen atoms in total. The third-order valence-corrected chi connectivity index (χ3v) is 5.44. The quantitative estimate of drug-likeness (QED) is 0.571. The highest BCUT2D eigenvalue weighted by molar-refractivity contribution is 5.71. The van der Waals surface area contributed by atoms with E-state index in [0.717, 1.165) is 21.4 Å². The topological polar surface area (TPSA) is 84.7 Å². The van der Waals surface area contributed by atoms with Crippen LogP contribution in [0.1, 0.15) is 53.6 Å². The van der Waals surface area contributed by atoms with Gasteiger partial charge in [0.25, 0.3) is 5.56 Å². The number of hydrogen-bond acceptors (Lipinski definition) is 4. The molecule has 0 bridgehead atoms. The summed E-state index contributed by atoms with van der Waals surface area (Å²) in [6, 6.07) is 8.33. The molecule has 0 aliphatic carbocycles. The number of benzene rings is 1. The maximum atomic E-state index is 13.1. The van der Waals surface area contributed by atoms with E-state index in [1.54, 1.807) is 7.05 Å². The highest BCUT2D eigenvalue weighted by atomic mass is 16.2. The summed E-state index contributed by atoms with van der Waals surface area (Å²) in [6.45, 7) is 6.25. The predicted octanol–water partition coefficient (Wildman–Crippen LogP) is 2.48. The molecule has 0 unspecified atom stereocenters. The zero-order valence-electron chi connectivity index (χ0n) is 16.1. The fraction of sp³-hybridized carbons (Fsp3) is 0.350. The standard InChI is InChI=1S/C20H23N5O2/c1-10(2)12-6-8-13(9-7-12)15-14-11(3)22-23-17(14)21-18-16(15)19(26)25(5)20(27)24(18)4/h6-10,15H,1-5H3,(H2,21,22,23)/t15-/m0/s1. The van der Waals surface area contributed by atoms with E-state index in [1.165, 1.54) is 17.2 Å². The van der Waals surface area contributed by atoms with Crippen molar-refractivity contribution in [2.75, 3.05) is 5.32 Å². The van der Waals surface area contributed by atoms with Gasteiger partial charge in [-0.25, -0.2) is 4.79 Å². The third kappa shape index (κ3) is 2.45. The first-order valence-corrected chi connectivity index (χ1v) is 9.03. The van der Waals surface area contributed by atoms with Gasteiger partial charge in [0, 0.05) is 31.3 Å². The van der Waals surface area contributed by atoms with E-state index >= 15 is 0 Å². The number of aromatic nitrogens is 4. The molecule has 0 saturated heterocycles. The van der Waals surface area contributed by atoms with Crippen molar-refractivity contribution in [3.05, 3.63) is 73.1 Å². The number of hydrogen-bond donors (Lipinski definition) is 2. The number of nitrogens with one attached hydrogen (secondary N) is 2. The summed E-state index contributed by atoms with van der Waals surface area (Å²) in [5.74, 6) is 1.29. The van der Waals surface area contributed by atoms with Crippen molar-refractivity contribution in [2.45, 2.75) is 32.6 Å². The molecule has 140 valence electrons. The number of nitrogens with zero attached hydrogens (tertiary/aromatic N) is 3. The van der Waals surface area contributed by atoms with E-state index in [2.05, 4.69) is 53.6 Å². The second-order valence-corrected chi connectivity index (χ2v) is 7.46. The van der Waals surface area contributed by atoms with Crippen LogP contribution in [-0.4, -0.2) is 19.3 Å². The summed E-state index contributed by atoms with van der Waals surface area (Å²) in [5.41, 5.74) is 4.00. The largest absolute Gasteiger partial charge is 0.332 e. The van der Waals surface area contributed by atoms with Gasteiger partial charge in [-0.15, -0.1) is 0 Å². The molecule has 3 heterocycles. The number of rotatable bonds is 2. The van der Waals surface area contributed by atoms with Crippen LogP contribution in [0.2, 0.25) is 0 Å². The van der Waals surface area contributed by atoms with Crippen LogP contribution >= 0.6 is 0 Å². The van der Waals surface area contributed by atoms with E-state index < -0.39 is 0 Å². The summed E-state index contributed by atoms with van der Waals surface area (Å²) in [5, 5.41) is 10.5. The van der Waals surface area contributed by atoms with Crippen molar-refractivity contribution in [3.63, 3.8) is 0 Å². The van der Waals surface area contributed by atoms with Gasteiger partial charge < -0.3 is 5.32 Å². The lowest BCUT2D eigenvalue weighted by Crippen LogP contribution is -2.42. The molecule has 1 atom stereocenters. The Hall–Kier alpha value is -3.09. The molecule has 3 aromatic rings. The Bertz CT molecular complexity index is 1150. The van der Waals surface area contributed by atoms with Crippen LogP contribution < -0.4 is 16.6 Å². The van der Waals surface area contributed by atoms with Gasteiger partial charge in [-0.05, 0) is 24.0 Å². The van der Waals surface area contributed by atoms with E-state index in [-0.39, 0.29) is 17.2 Å². The first-order valence-electron chi connectivity index (χ1n) is 9.03. The lowest BCUT2D eigenvalue weighted by Gasteiger charge is -2.28. The summed E-state index contributed by atoms with van der Waals surface area (Å²) in [4.78, 5) is 25.5. The van der Waals surface area contributed by atoms with Gasteiger partial charge in [0.2, 0.25) is 0 Å². The summed E-state index contributed by atoms with van der Waals surface area (Å²) < 4.78 is 2.63. The van der Waals surface area contributed by atoms with E-state index in [4.69, 9.17) is 0 Å².